The smallest absolute Gasteiger partial charge is 0.228 e. The summed E-state index contributed by atoms with van der Waals surface area (Å²) in [5.41, 5.74) is -0.404. The lowest BCUT2D eigenvalue weighted by molar-refractivity contribution is -0.126. The van der Waals surface area contributed by atoms with Gasteiger partial charge in [0, 0.05) is 31.5 Å². The average molecular weight is 336 g/mol. The van der Waals surface area contributed by atoms with E-state index in [2.05, 4.69) is 5.32 Å². The first-order valence-electron chi connectivity index (χ1n) is 7.83. The fourth-order valence-electron chi connectivity index (χ4n) is 3.16. The minimum absolute atomic E-state index is 0.0181. The van der Waals surface area contributed by atoms with Gasteiger partial charge in [0.1, 0.15) is 17.3 Å². The summed E-state index contributed by atoms with van der Waals surface area (Å²) >= 11 is 0. The molecule has 0 radical (unpaired) electrons. The number of carbonyl (C=O) groups is 2. The maximum atomic E-state index is 13.8. The number of amides is 2. The lowest BCUT2D eigenvalue weighted by Gasteiger charge is -2.19. The minimum Gasteiger partial charge on any atom is -0.396 e. The van der Waals surface area contributed by atoms with E-state index in [0.717, 1.165) is 17.0 Å². The number of halogens is 2. The molecule has 0 aromatic heterocycles. The van der Waals surface area contributed by atoms with Gasteiger partial charge in [0.05, 0.1) is 5.92 Å². The van der Waals surface area contributed by atoms with Crippen LogP contribution in [0.25, 0.3) is 0 Å². The number of hydrogen-bond donors (Lipinski definition) is 2. The molecule has 24 heavy (non-hydrogen) atoms. The summed E-state index contributed by atoms with van der Waals surface area (Å²) in [5.74, 6) is -3.09. The molecule has 2 aliphatic rings. The predicted octanol–water partition coefficient (Wildman–Crippen LogP) is 1.37. The van der Waals surface area contributed by atoms with Gasteiger partial charge in [-0.15, -0.1) is 0 Å². The Kier molecular flexibility index (Phi) is 4.62. The van der Waals surface area contributed by atoms with Crippen LogP contribution < -0.4 is 10.2 Å². The first-order chi connectivity index (χ1) is 11.5. The molecule has 1 unspecified atom stereocenters. The van der Waals surface area contributed by atoms with Crippen LogP contribution in [0, 0.1) is 23.5 Å². The first-order valence-corrected chi connectivity index (χ1v) is 7.83. The Labute approximate surface area is 138 Å². The van der Waals surface area contributed by atoms with Crippen molar-refractivity contribution in [2.45, 2.75) is 18.9 Å². The van der Waals surface area contributed by atoms with Crippen LogP contribution in [0.2, 0.25) is 0 Å². The van der Waals surface area contributed by atoms with Crippen LogP contribution in [0.4, 0.5) is 14.5 Å². The summed E-state index contributed by atoms with van der Waals surface area (Å²) in [4.78, 5) is 25.4. The lowest BCUT2D eigenvalue weighted by atomic mass is 10.1. The van der Waals surface area contributed by atoms with Gasteiger partial charge in [0.15, 0.2) is 0 Å². The van der Waals surface area contributed by atoms with Gasteiger partial charge >= 0.3 is 0 Å². The van der Waals surface area contributed by atoms with Gasteiger partial charge in [0.25, 0.3) is 0 Å². The van der Waals surface area contributed by atoms with Crippen molar-refractivity contribution in [1.29, 1.82) is 0 Å². The summed E-state index contributed by atoms with van der Waals surface area (Å²) in [7, 11) is 0. The molecule has 1 heterocycles. The number of carbonyl (C=O) groups excluding carboxylic acids is 2. The van der Waals surface area contributed by atoms with Crippen LogP contribution in [0.1, 0.15) is 12.8 Å². The number of nitrogens with one attached hydrogen (secondary N) is 1. The Morgan fingerprint density at radius 3 is 2.62 bits per heavy atom. The highest BCUT2D eigenvalue weighted by atomic mass is 19.1. The van der Waals surface area contributed by atoms with E-state index in [1.165, 1.54) is 6.07 Å². The fraction of sp³-hybridized carbons (Fsp3) is 0.412. The maximum absolute atomic E-state index is 13.8. The Balaban J connectivity index is 1.67. The maximum Gasteiger partial charge on any atom is 0.228 e. The molecule has 1 aromatic carbocycles. The predicted molar refractivity (Wildman–Crippen MR) is 83.1 cm³/mol. The molecule has 0 bridgehead atoms. The van der Waals surface area contributed by atoms with E-state index in [1.54, 1.807) is 0 Å². The SMILES string of the molecule is O=C(N[C@@H]1C=C[C@H](CO)C1)C1CC(=O)N(c2c(F)cccc2F)C1. The van der Waals surface area contributed by atoms with Gasteiger partial charge in [0.2, 0.25) is 11.8 Å². The molecule has 3 atom stereocenters. The van der Waals surface area contributed by atoms with Crippen LogP contribution in [0.15, 0.2) is 30.4 Å². The number of benzene rings is 1. The summed E-state index contributed by atoms with van der Waals surface area (Å²) in [6, 6.07) is 3.20. The average Bonchev–Trinajstić information content (AvgIpc) is 3.14. The highest BCUT2D eigenvalue weighted by Gasteiger charge is 2.38. The first kappa shape index (κ1) is 16.6. The molecule has 3 rings (SSSR count). The van der Waals surface area contributed by atoms with Gasteiger partial charge in [-0.1, -0.05) is 18.2 Å². The molecule has 0 saturated carbocycles. The van der Waals surface area contributed by atoms with Gasteiger partial charge in [-0.3, -0.25) is 9.59 Å². The standard InChI is InChI=1S/C17H18F2N2O3/c18-13-2-1-3-14(19)16(13)21-8-11(7-15(21)23)17(24)20-12-5-4-10(6-12)9-22/h1-5,10-12,22H,6-9H2,(H,20,24)/t10-,11?,12+/m0/s1. The summed E-state index contributed by atoms with van der Waals surface area (Å²) < 4.78 is 27.7. The Morgan fingerprint density at radius 2 is 2.00 bits per heavy atom. The number of anilines is 1. The molecule has 5 nitrogen and oxygen atoms in total. The second-order valence-electron chi connectivity index (χ2n) is 6.15. The fourth-order valence-corrected chi connectivity index (χ4v) is 3.16. The van der Waals surface area contributed by atoms with Crippen LogP contribution in [-0.2, 0) is 9.59 Å². The van der Waals surface area contributed by atoms with Crippen LogP contribution in [-0.4, -0.2) is 36.1 Å². The second-order valence-corrected chi connectivity index (χ2v) is 6.15. The zero-order chi connectivity index (χ0) is 17.3. The molecule has 2 N–H and O–H groups in total. The zero-order valence-electron chi connectivity index (χ0n) is 12.9. The molecule has 1 fully saturated rings. The molecule has 1 aromatic rings. The molecule has 7 heteroatoms. The van der Waals surface area contributed by atoms with E-state index in [1.807, 2.05) is 12.2 Å². The topological polar surface area (TPSA) is 69.6 Å². The Bertz CT molecular complexity index is 672. The number of aliphatic hydroxyl groups is 1. The molecule has 2 amide bonds. The molecular weight excluding hydrogens is 318 g/mol. The number of aliphatic hydroxyl groups excluding tert-OH is 1. The van der Waals surface area contributed by atoms with Crippen molar-refractivity contribution in [2.24, 2.45) is 11.8 Å². The van der Waals surface area contributed by atoms with E-state index in [9.17, 15) is 18.4 Å². The minimum atomic E-state index is -0.825. The van der Waals surface area contributed by atoms with Gasteiger partial charge in [-0.05, 0) is 18.6 Å². The quantitative estimate of drug-likeness (QED) is 0.816. The molecule has 128 valence electrons. The van der Waals surface area contributed by atoms with E-state index >= 15 is 0 Å². The largest absolute Gasteiger partial charge is 0.396 e. The number of nitrogens with zero attached hydrogens (tertiary/aromatic N) is 1. The summed E-state index contributed by atoms with van der Waals surface area (Å²) in [5, 5.41) is 11.9. The molecule has 1 saturated heterocycles. The molecule has 1 aliphatic carbocycles. The van der Waals surface area contributed by atoms with E-state index in [0.29, 0.717) is 6.42 Å². The van der Waals surface area contributed by atoms with Crippen LogP contribution in [0.3, 0.4) is 0 Å². The van der Waals surface area contributed by atoms with Gasteiger partial charge in [-0.25, -0.2) is 8.78 Å². The second kappa shape index (κ2) is 6.68. The highest BCUT2D eigenvalue weighted by Crippen LogP contribution is 2.30. The van der Waals surface area contributed by atoms with E-state index in [-0.39, 0.29) is 37.4 Å². The number of rotatable bonds is 4. The number of para-hydroxylation sites is 1. The zero-order valence-corrected chi connectivity index (χ0v) is 12.9. The Hall–Kier alpha value is -2.28. The van der Waals surface area contributed by atoms with E-state index < -0.39 is 29.1 Å². The summed E-state index contributed by atoms with van der Waals surface area (Å²) in [6.07, 6.45) is 4.17. The summed E-state index contributed by atoms with van der Waals surface area (Å²) in [6.45, 7) is -0.0342. The van der Waals surface area contributed by atoms with E-state index in [4.69, 9.17) is 5.11 Å². The van der Waals surface area contributed by atoms with Crippen molar-refractivity contribution >= 4 is 17.5 Å². The number of hydrogen-bond acceptors (Lipinski definition) is 3. The van der Waals surface area contributed by atoms with Crippen LogP contribution in [0.5, 0.6) is 0 Å². The van der Waals surface area contributed by atoms with Crippen molar-refractivity contribution in [3.63, 3.8) is 0 Å². The third-order valence-electron chi connectivity index (χ3n) is 4.44. The van der Waals surface area contributed by atoms with Crippen molar-refractivity contribution in [2.75, 3.05) is 18.1 Å². The monoisotopic (exact) mass is 336 g/mol. The molecule has 0 spiro atoms. The highest BCUT2D eigenvalue weighted by molar-refractivity contribution is 6.00. The van der Waals surface area contributed by atoms with Crippen molar-refractivity contribution in [3.8, 4) is 0 Å². The third-order valence-corrected chi connectivity index (χ3v) is 4.44. The normalized spacial score (nSPS) is 26.2. The molecule has 1 aliphatic heterocycles. The third kappa shape index (κ3) is 3.17. The van der Waals surface area contributed by atoms with Crippen LogP contribution >= 0.6 is 0 Å². The van der Waals surface area contributed by atoms with Crippen molar-refractivity contribution in [3.05, 3.63) is 42.0 Å². The van der Waals surface area contributed by atoms with Gasteiger partial charge < -0.3 is 15.3 Å². The Morgan fingerprint density at radius 1 is 1.29 bits per heavy atom. The van der Waals surface area contributed by atoms with Gasteiger partial charge in [-0.2, -0.15) is 0 Å². The van der Waals surface area contributed by atoms with Crippen molar-refractivity contribution < 1.29 is 23.5 Å². The molecular formula is C17H18F2N2O3. The van der Waals surface area contributed by atoms with Crippen molar-refractivity contribution in [1.82, 2.24) is 5.32 Å². The lowest BCUT2D eigenvalue weighted by Crippen LogP contribution is -2.38.